The highest BCUT2D eigenvalue weighted by atomic mass is 16.4. The van der Waals surface area contributed by atoms with Gasteiger partial charge in [-0.1, -0.05) is 13.8 Å². The van der Waals surface area contributed by atoms with Gasteiger partial charge in [-0.25, -0.2) is 0 Å². The molecular weight excluding hydrogens is 128 g/mol. The average Bonchev–Trinajstić information content (AvgIpc) is 1.90. The van der Waals surface area contributed by atoms with Gasteiger partial charge in [0.2, 0.25) is 0 Å². The molecule has 0 amide bonds. The molecule has 0 saturated carbocycles. The first-order valence-corrected chi connectivity index (χ1v) is 3.32. The van der Waals surface area contributed by atoms with E-state index in [4.69, 9.17) is 11.5 Å². The van der Waals surface area contributed by atoms with Gasteiger partial charge < -0.3 is 5.11 Å². The molecule has 2 nitrogen and oxygen atoms in total. The topological polar surface area (TPSA) is 37.3 Å². The van der Waals surface area contributed by atoms with Crippen molar-refractivity contribution in [3.8, 4) is 12.3 Å². The first-order chi connectivity index (χ1) is 4.63. The summed E-state index contributed by atoms with van der Waals surface area (Å²) in [5.74, 6) is 1.09. The molecule has 0 aromatic heterocycles. The maximum Gasteiger partial charge on any atom is 0.307 e. The Morgan fingerprint density at radius 2 is 2.30 bits per heavy atom. The highest BCUT2D eigenvalue weighted by molar-refractivity contribution is 5.70. The summed E-state index contributed by atoms with van der Waals surface area (Å²) in [6.45, 7) is 3.53. The fraction of sp³-hybridized carbons (Fsp3) is 0.625. The lowest BCUT2D eigenvalue weighted by Crippen LogP contribution is -2.18. The Bertz CT molecular complexity index is 155. The lowest BCUT2D eigenvalue weighted by molar-refractivity contribution is -0.142. The molecule has 0 radical (unpaired) electrons. The van der Waals surface area contributed by atoms with Crippen molar-refractivity contribution in [3.63, 3.8) is 0 Å². The minimum atomic E-state index is -0.815. The highest BCUT2D eigenvalue weighted by Crippen LogP contribution is 2.13. The Labute approximate surface area is 61.2 Å². The van der Waals surface area contributed by atoms with E-state index in [2.05, 4.69) is 5.92 Å². The summed E-state index contributed by atoms with van der Waals surface area (Å²) < 4.78 is 0. The molecule has 0 bridgehead atoms. The van der Waals surface area contributed by atoms with Gasteiger partial charge in [-0.2, -0.15) is 0 Å². The van der Waals surface area contributed by atoms with Gasteiger partial charge in [0.25, 0.3) is 0 Å². The second-order valence-electron chi connectivity index (χ2n) is 2.31. The molecule has 0 fully saturated rings. The van der Waals surface area contributed by atoms with Crippen LogP contribution in [0.2, 0.25) is 0 Å². The molecule has 0 aliphatic rings. The van der Waals surface area contributed by atoms with E-state index >= 15 is 0 Å². The zero-order valence-electron chi connectivity index (χ0n) is 6.29. The first-order valence-electron chi connectivity index (χ1n) is 3.32. The Morgan fingerprint density at radius 1 is 1.80 bits per heavy atom. The second kappa shape index (κ2) is 3.94. The zero-order valence-corrected chi connectivity index (χ0v) is 6.29. The van der Waals surface area contributed by atoms with Crippen molar-refractivity contribution in [2.75, 3.05) is 0 Å². The summed E-state index contributed by atoms with van der Waals surface area (Å²) in [6.07, 6.45) is 5.83. The smallest absolute Gasteiger partial charge is 0.307 e. The monoisotopic (exact) mass is 140 g/mol. The van der Waals surface area contributed by atoms with Crippen LogP contribution in [0.1, 0.15) is 20.3 Å². The van der Waals surface area contributed by atoms with E-state index in [1.807, 2.05) is 6.92 Å². The number of hydrogen-bond donors (Lipinski definition) is 1. The number of rotatable bonds is 3. The molecule has 0 aromatic carbocycles. The van der Waals surface area contributed by atoms with Gasteiger partial charge in [0.05, 0.1) is 5.92 Å². The molecule has 0 rings (SSSR count). The van der Waals surface area contributed by atoms with Crippen molar-refractivity contribution in [3.05, 3.63) is 0 Å². The quantitative estimate of drug-likeness (QED) is 0.601. The van der Waals surface area contributed by atoms with Gasteiger partial charge in [0.15, 0.2) is 0 Å². The summed E-state index contributed by atoms with van der Waals surface area (Å²) in [4.78, 5) is 10.4. The van der Waals surface area contributed by atoms with Crippen LogP contribution in [0.15, 0.2) is 0 Å². The van der Waals surface area contributed by atoms with Crippen molar-refractivity contribution in [1.82, 2.24) is 0 Å². The summed E-state index contributed by atoms with van der Waals surface area (Å²) in [6, 6.07) is 0. The molecule has 0 aromatic rings. The van der Waals surface area contributed by atoms with Gasteiger partial charge in [-0.05, 0) is 6.42 Å². The maximum atomic E-state index is 10.4. The minimum absolute atomic E-state index is 0.127. The number of carbonyl (C=O) groups is 1. The molecule has 10 heavy (non-hydrogen) atoms. The molecular formula is C8H12O2. The number of terminal acetylenes is 1. The predicted molar refractivity (Wildman–Crippen MR) is 39.4 cm³/mol. The van der Waals surface area contributed by atoms with Gasteiger partial charge in [0.1, 0.15) is 0 Å². The number of aliphatic carboxylic acids is 1. The van der Waals surface area contributed by atoms with E-state index in [0.29, 0.717) is 0 Å². The fourth-order valence-corrected chi connectivity index (χ4v) is 0.788. The Morgan fingerprint density at radius 3 is 2.40 bits per heavy atom. The number of hydrogen-bond acceptors (Lipinski definition) is 1. The maximum absolute atomic E-state index is 10.4. The van der Waals surface area contributed by atoms with Crippen LogP contribution in [0.25, 0.3) is 0 Å². The molecule has 56 valence electrons. The van der Waals surface area contributed by atoms with Crippen LogP contribution in [0.3, 0.4) is 0 Å². The lowest BCUT2D eigenvalue weighted by Gasteiger charge is -2.11. The van der Waals surface area contributed by atoms with Gasteiger partial charge in [-0.15, -0.1) is 12.3 Å². The third kappa shape index (κ3) is 2.10. The fourth-order valence-electron chi connectivity index (χ4n) is 0.788. The van der Waals surface area contributed by atoms with Crippen LogP contribution in [-0.2, 0) is 4.79 Å². The molecule has 0 spiro atoms. The Balaban J connectivity index is 4.05. The Hall–Kier alpha value is -0.970. The Kier molecular flexibility index (Phi) is 3.56. The van der Waals surface area contributed by atoms with Crippen LogP contribution in [0.5, 0.6) is 0 Å². The zero-order chi connectivity index (χ0) is 8.15. The summed E-state index contributed by atoms with van der Waals surface area (Å²) in [7, 11) is 0. The van der Waals surface area contributed by atoms with Crippen molar-refractivity contribution in [2.45, 2.75) is 20.3 Å². The lowest BCUT2D eigenvalue weighted by atomic mass is 9.93. The van der Waals surface area contributed by atoms with E-state index in [9.17, 15) is 4.79 Å². The third-order valence-corrected chi connectivity index (χ3v) is 1.65. The molecule has 2 unspecified atom stereocenters. The summed E-state index contributed by atoms with van der Waals surface area (Å²) in [5, 5.41) is 8.52. The van der Waals surface area contributed by atoms with E-state index in [0.717, 1.165) is 6.42 Å². The van der Waals surface area contributed by atoms with Crippen molar-refractivity contribution < 1.29 is 9.90 Å². The minimum Gasteiger partial charge on any atom is -0.481 e. The van der Waals surface area contributed by atoms with E-state index in [-0.39, 0.29) is 5.92 Å². The summed E-state index contributed by atoms with van der Waals surface area (Å²) in [5.41, 5.74) is 0. The van der Waals surface area contributed by atoms with E-state index in [1.165, 1.54) is 0 Å². The van der Waals surface area contributed by atoms with Gasteiger partial charge in [-0.3, -0.25) is 4.79 Å². The molecule has 2 heteroatoms. The SMILES string of the molecule is C#CC(CC)C(C)C(=O)O. The summed E-state index contributed by atoms with van der Waals surface area (Å²) >= 11 is 0. The van der Waals surface area contributed by atoms with Crippen molar-refractivity contribution in [1.29, 1.82) is 0 Å². The van der Waals surface area contributed by atoms with E-state index < -0.39 is 11.9 Å². The van der Waals surface area contributed by atoms with Crippen LogP contribution in [0.4, 0.5) is 0 Å². The highest BCUT2D eigenvalue weighted by Gasteiger charge is 2.19. The molecule has 0 aliphatic heterocycles. The number of carboxylic acid groups (broad SMARTS) is 1. The molecule has 0 saturated heterocycles. The largest absolute Gasteiger partial charge is 0.481 e. The molecule has 1 N–H and O–H groups in total. The second-order valence-corrected chi connectivity index (χ2v) is 2.31. The van der Waals surface area contributed by atoms with Crippen LogP contribution in [-0.4, -0.2) is 11.1 Å². The molecule has 0 heterocycles. The van der Waals surface area contributed by atoms with Crippen LogP contribution in [0, 0.1) is 24.2 Å². The number of carboxylic acids is 1. The molecule has 2 atom stereocenters. The standard InChI is InChI=1S/C8H12O2/c1-4-7(5-2)6(3)8(9)10/h1,6-7H,5H2,2-3H3,(H,9,10). The first kappa shape index (κ1) is 9.03. The van der Waals surface area contributed by atoms with Crippen LogP contribution < -0.4 is 0 Å². The van der Waals surface area contributed by atoms with Gasteiger partial charge in [0, 0.05) is 5.92 Å². The molecule has 0 aliphatic carbocycles. The van der Waals surface area contributed by atoms with Crippen molar-refractivity contribution >= 4 is 5.97 Å². The third-order valence-electron chi connectivity index (χ3n) is 1.65. The normalized spacial score (nSPS) is 15.3. The predicted octanol–water partition coefficient (Wildman–Crippen LogP) is 1.37. The van der Waals surface area contributed by atoms with Crippen molar-refractivity contribution in [2.24, 2.45) is 11.8 Å². The van der Waals surface area contributed by atoms with E-state index in [1.54, 1.807) is 6.92 Å². The van der Waals surface area contributed by atoms with Gasteiger partial charge >= 0.3 is 5.97 Å². The van der Waals surface area contributed by atoms with Crippen LogP contribution >= 0.6 is 0 Å². The average molecular weight is 140 g/mol.